The molecule has 0 atom stereocenters. The van der Waals surface area contributed by atoms with E-state index in [9.17, 15) is 18.0 Å². The van der Waals surface area contributed by atoms with Crippen molar-refractivity contribution >= 4 is 29.1 Å². The molecule has 0 spiro atoms. The fourth-order valence-electron chi connectivity index (χ4n) is 1.38. The van der Waals surface area contributed by atoms with Crippen LogP contribution in [0.3, 0.4) is 0 Å². The minimum Gasteiger partial charge on any atom is -0.478 e. The van der Waals surface area contributed by atoms with Crippen LogP contribution in [0.4, 0.5) is 13.2 Å². The van der Waals surface area contributed by atoms with Gasteiger partial charge < -0.3 is 5.11 Å². The van der Waals surface area contributed by atoms with Crippen LogP contribution in [0.2, 0.25) is 0 Å². The van der Waals surface area contributed by atoms with Gasteiger partial charge in [-0.1, -0.05) is 17.8 Å². The average Bonchev–Trinajstić information content (AvgIpc) is 2.76. The summed E-state index contributed by atoms with van der Waals surface area (Å²) in [7, 11) is 0. The van der Waals surface area contributed by atoms with Crippen molar-refractivity contribution in [2.75, 3.05) is 0 Å². The zero-order chi connectivity index (χ0) is 14.0. The normalized spacial score (nSPS) is 11.5. The summed E-state index contributed by atoms with van der Waals surface area (Å²) >= 11 is 2.20. The number of carbonyl (C=O) groups is 1. The number of hydrogen-bond acceptors (Lipinski definition) is 3. The van der Waals surface area contributed by atoms with E-state index in [1.54, 1.807) is 5.38 Å². The minimum atomic E-state index is -4.40. The maximum absolute atomic E-state index is 12.6. The topological polar surface area (TPSA) is 37.3 Å². The third kappa shape index (κ3) is 3.30. The van der Waals surface area contributed by atoms with E-state index in [-0.39, 0.29) is 5.56 Å². The van der Waals surface area contributed by atoms with Crippen molar-refractivity contribution in [1.29, 1.82) is 0 Å². The van der Waals surface area contributed by atoms with Gasteiger partial charge in [0, 0.05) is 4.90 Å². The summed E-state index contributed by atoms with van der Waals surface area (Å²) in [4.78, 5) is 11.3. The fraction of sp³-hybridized carbons (Fsp3) is 0.0833. The molecular formula is C12H7F3O2S2. The Morgan fingerprint density at radius 1 is 1.26 bits per heavy atom. The molecule has 2 nitrogen and oxygen atoms in total. The van der Waals surface area contributed by atoms with Crippen LogP contribution in [0.5, 0.6) is 0 Å². The smallest absolute Gasteiger partial charge is 0.416 e. The van der Waals surface area contributed by atoms with E-state index in [1.165, 1.54) is 29.5 Å². The second-order valence-electron chi connectivity index (χ2n) is 3.55. The lowest BCUT2D eigenvalue weighted by Gasteiger charge is -2.08. The Hall–Kier alpha value is -1.47. The molecule has 0 saturated carbocycles. The number of rotatable bonds is 3. The molecule has 0 saturated heterocycles. The summed E-state index contributed by atoms with van der Waals surface area (Å²) in [5.41, 5.74) is -0.640. The van der Waals surface area contributed by atoms with Crippen molar-refractivity contribution in [3.05, 3.63) is 46.8 Å². The highest BCUT2D eigenvalue weighted by atomic mass is 32.2. The van der Waals surface area contributed by atoms with Gasteiger partial charge in [-0.25, -0.2) is 4.79 Å². The lowest BCUT2D eigenvalue weighted by molar-refractivity contribution is -0.137. The number of thiophene rings is 1. The monoisotopic (exact) mass is 304 g/mol. The summed E-state index contributed by atoms with van der Waals surface area (Å²) in [6.45, 7) is 0. The molecule has 0 fully saturated rings. The second-order valence-corrected chi connectivity index (χ2v) is 5.81. The molecule has 1 heterocycles. The maximum atomic E-state index is 12.6. The minimum absolute atomic E-state index is 0.104. The molecule has 2 aromatic rings. The molecule has 0 radical (unpaired) electrons. The van der Waals surface area contributed by atoms with Gasteiger partial charge >= 0.3 is 12.1 Å². The number of carboxylic acid groups (broad SMARTS) is 1. The number of benzene rings is 1. The first-order chi connectivity index (χ1) is 8.88. The third-order valence-corrected chi connectivity index (χ3v) is 4.37. The van der Waals surface area contributed by atoms with E-state index in [1.807, 2.05) is 0 Å². The van der Waals surface area contributed by atoms with E-state index in [0.29, 0.717) is 9.10 Å². The standard InChI is InChI=1S/C12H7F3O2S2/c13-12(14,15)7-2-1-3-8(6-7)19-11-9(10(16)17)4-5-18-11/h1-6H,(H,16,17). The lowest BCUT2D eigenvalue weighted by Crippen LogP contribution is -2.04. The van der Waals surface area contributed by atoms with E-state index in [0.717, 1.165) is 23.9 Å². The van der Waals surface area contributed by atoms with Crippen LogP contribution in [0.15, 0.2) is 44.8 Å². The number of alkyl halides is 3. The zero-order valence-corrected chi connectivity index (χ0v) is 10.9. The Balaban J connectivity index is 2.29. The molecular weight excluding hydrogens is 297 g/mol. The summed E-state index contributed by atoms with van der Waals surface area (Å²) in [6, 6.07) is 6.25. The van der Waals surface area contributed by atoms with Crippen LogP contribution in [-0.2, 0) is 6.18 Å². The van der Waals surface area contributed by atoms with E-state index >= 15 is 0 Å². The van der Waals surface area contributed by atoms with Gasteiger partial charge in [0.25, 0.3) is 0 Å². The lowest BCUT2D eigenvalue weighted by atomic mass is 10.2. The summed E-state index contributed by atoms with van der Waals surface area (Å²) < 4.78 is 38.1. The van der Waals surface area contributed by atoms with Crippen LogP contribution in [0.1, 0.15) is 15.9 Å². The molecule has 1 aromatic heterocycles. The molecule has 19 heavy (non-hydrogen) atoms. The van der Waals surface area contributed by atoms with E-state index < -0.39 is 17.7 Å². The van der Waals surface area contributed by atoms with E-state index in [2.05, 4.69) is 0 Å². The van der Waals surface area contributed by atoms with Crippen molar-refractivity contribution < 1.29 is 23.1 Å². The van der Waals surface area contributed by atoms with Gasteiger partial charge in [0.15, 0.2) is 0 Å². The van der Waals surface area contributed by atoms with Gasteiger partial charge in [-0.15, -0.1) is 11.3 Å². The zero-order valence-electron chi connectivity index (χ0n) is 9.27. The van der Waals surface area contributed by atoms with Gasteiger partial charge in [-0.2, -0.15) is 13.2 Å². The Kier molecular flexibility index (Phi) is 3.86. The highest BCUT2D eigenvalue weighted by Crippen LogP contribution is 2.37. The molecule has 0 unspecified atom stereocenters. The molecule has 0 aliphatic heterocycles. The number of carboxylic acids is 1. The number of halogens is 3. The number of hydrogen-bond donors (Lipinski definition) is 1. The van der Waals surface area contributed by atoms with Crippen LogP contribution in [0.25, 0.3) is 0 Å². The van der Waals surface area contributed by atoms with Crippen LogP contribution in [0, 0.1) is 0 Å². The first kappa shape index (κ1) is 14.0. The Labute approximate surface area is 114 Å². The van der Waals surface area contributed by atoms with E-state index in [4.69, 9.17) is 5.11 Å². The SMILES string of the molecule is O=C(O)c1ccsc1Sc1cccc(C(F)(F)F)c1. The number of aromatic carboxylic acids is 1. The molecule has 0 aliphatic carbocycles. The predicted octanol–water partition coefficient (Wildman–Crippen LogP) is 4.62. The van der Waals surface area contributed by atoms with Crippen molar-refractivity contribution in [2.45, 2.75) is 15.3 Å². The quantitative estimate of drug-likeness (QED) is 0.899. The molecule has 2 rings (SSSR count). The van der Waals surface area contributed by atoms with Crippen LogP contribution < -0.4 is 0 Å². The molecule has 0 aliphatic rings. The van der Waals surface area contributed by atoms with Gasteiger partial charge in [0.2, 0.25) is 0 Å². The Morgan fingerprint density at radius 3 is 2.63 bits per heavy atom. The van der Waals surface area contributed by atoms with Gasteiger partial charge in [-0.05, 0) is 29.6 Å². The molecule has 0 amide bonds. The summed E-state index contributed by atoms with van der Waals surface area (Å²) in [6.07, 6.45) is -4.40. The van der Waals surface area contributed by atoms with Gasteiger partial charge in [0.1, 0.15) is 0 Å². The van der Waals surface area contributed by atoms with Crippen LogP contribution in [-0.4, -0.2) is 11.1 Å². The molecule has 0 bridgehead atoms. The maximum Gasteiger partial charge on any atom is 0.416 e. The van der Waals surface area contributed by atoms with Gasteiger partial charge in [0.05, 0.1) is 15.3 Å². The summed E-state index contributed by atoms with van der Waals surface area (Å²) in [5, 5.41) is 10.5. The van der Waals surface area contributed by atoms with Gasteiger partial charge in [-0.3, -0.25) is 0 Å². The second kappa shape index (κ2) is 5.26. The third-order valence-electron chi connectivity index (χ3n) is 2.23. The van der Waals surface area contributed by atoms with Crippen molar-refractivity contribution in [3.8, 4) is 0 Å². The Bertz CT molecular complexity index is 605. The average molecular weight is 304 g/mol. The van der Waals surface area contributed by atoms with Crippen molar-refractivity contribution in [2.24, 2.45) is 0 Å². The van der Waals surface area contributed by atoms with Crippen molar-refractivity contribution in [3.63, 3.8) is 0 Å². The fourth-order valence-corrected chi connectivity index (χ4v) is 3.45. The highest BCUT2D eigenvalue weighted by Gasteiger charge is 2.30. The molecule has 1 N–H and O–H groups in total. The molecule has 7 heteroatoms. The summed E-state index contributed by atoms with van der Waals surface area (Å²) in [5.74, 6) is -1.09. The first-order valence-electron chi connectivity index (χ1n) is 5.04. The molecule has 1 aromatic carbocycles. The van der Waals surface area contributed by atoms with Crippen molar-refractivity contribution in [1.82, 2.24) is 0 Å². The first-order valence-corrected chi connectivity index (χ1v) is 6.73. The van der Waals surface area contributed by atoms with Crippen LogP contribution >= 0.6 is 23.1 Å². The molecule has 100 valence electrons. The Morgan fingerprint density at radius 2 is 2.00 bits per heavy atom. The largest absolute Gasteiger partial charge is 0.478 e. The highest BCUT2D eigenvalue weighted by molar-refractivity contribution is 8.01. The predicted molar refractivity (Wildman–Crippen MR) is 66.8 cm³/mol.